The lowest BCUT2D eigenvalue weighted by Gasteiger charge is -2.34. The first-order chi connectivity index (χ1) is 9.01. The highest BCUT2D eigenvalue weighted by molar-refractivity contribution is 9.10. The van der Waals surface area contributed by atoms with Gasteiger partial charge in [0.05, 0.1) is 15.5 Å². The molecule has 1 fully saturated rings. The standard InChI is InChI=1S/C12H13BrN2O4/c1-19-9-5-8(6-9)14-12(16)7-2-3-10(13)11(4-7)15(17)18/h2-4,8-9H,5-6H2,1H3,(H,14,16). The topological polar surface area (TPSA) is 81.5 Å². The van der Waals surface area contributed by atoms with Crippen molar-refractivity contribution in [3.8, 4) is 0 Å². The molecule has 1 aromatic carbocycles. The van der Waals surface area contributed by atoms with Crippen LogP contribution in [0.1, 0.15) is 23.2 Å². The van der Waals surface area contributed by atoms with Gasteiger partial charge in [0, 0.05) is 24.8 Å². The Hall–Kier alpha value is -1.47. The van der Waals surface area contributed by atoms with Crippen LogP contribution in [0.5, 0.6) is 0 Å². The van der Waals surface area contributed by atoms with Crippen molar-refractivity contribution in [2.45, 2.75) is 25.0 Å². The number of benzene rings is 1. The van der Waals surface area contributed by atoms with E-state index in [1.165, 1.54) is 12.1 Å². The molecule has 1 saturated carbocycles. The SMILES string of the molecule is COC1CC(NC(=O)c2ccc(Br)c([N+](=O)[O-])c2)C1. The van der Waals surface area contributed by atoms with Gasteiger partial charge in [0.15, 0.2) is 0 Å². The first-order valence-electron chi connectivity index (χ1n) is 5.79. The van der Waals surface area contributed by atoms with E-state index in [2.05, 4.69) is 21.2 Å². The molecule has 0 saturated heterocycles. The highest BCUT2D eigenvalue weighted by Crippen LogP contribution is 2.26. The van der Waals surface area contributed by atoms with Gasteiger partial charge in [-0.3, -0.25) is 14.9 Å². The molecular weight excluding hydrogens is 316 g/mol. The lowest BCUT2D eigenvalue weighted by Crippen LogP contribution is -2.47. The summed E-state index contributed by atoms with van der Waals surface area (Å²) in [6.45, 7) is 0. The van der Waals surface area contributed by atoms with Crippen LogP contribution in [0.15, 0.2) is 22.7 Å². The minimum absolute atomic E-state index is 0.0835. The summed E-state index contributed by atoms with van der Waals surface area (Å²) in [6, 6.07) is 4.41. The van der Waals surface area contributed by atoms with Crippen LogP contribution in [-0.2, 0) is 4.74 Å². The lowest BCUT2D eigenvalue weighted by molar-refractivity contribution is -0.385. The van der Waals surface area contributed by atoms with Crippen LogP contribution >= 0.6 is 15.9 Å². The predicted octanol–water partition coefficient (Wildman–Crippen LogP) is 2.26. The number of nitrogens with zero attached hydrogens (tertiary/aromatic N) is 1. The van der Waals surface area contributed by atoms with Crippen molar-refractivity contribution in [2.24, 2.45) is 0 Å². The van der Waals surface area contributed by atoms with E-state index in [-0.39, 0.29) is 29.3 Å². The van der Waals surface area contributed by atoms with E-state index in [1.54, 1.807) is 13.2 Å². The van der Waals surface area contributed by atoms with Crippen LogP contribution in [0.2, 0.25) is 0 Å². The van der Waals surface area contributed by atoms with Crippen molar-refractivity contribution in [2.75, 3.05) is 7.11 Å². The van der Waals surface area contributed by atoms with Gasteiger partial charge < -0.3 is 10.1 Å². The van der Waals surface area contributed by atoms with E-state index in [0.717, 1.165) is 12.8 Å². The summed E-state index contributed by atoms with van der Waals surface area (Å²) in [7, 11) is 1.64. The van der Waals surface area contributed by atoms with Gasteiger partial charge in [-0.15, -0.1) is 0 Å². The fourth-order valence-electron chi connectivity index (χ4n) is 1.94. The maximum atomic E-state index is 11.9. The third-order valence-corrected chi connectivity index (χ3v) is 3.84. The maximum absolute atomic E-state index is 11.9. The number of nitrogens with one attached hydrogen (secondary N) is 1. The van der Waals surface area contributed by atoms with Crippen LogP contribution < -0.4 is 5.32 Å². The summed E-state index contributed by atoms with van der Waals surface area (Å²) < 4.78 is 5.48. The Morgan fingerprint density at radius 3 is 2.79 bits per heavy atom. The van der Waals surface area contributed by atoms with Crippen molar-refractivity contribution < 1.29 is 14.5 Å². The van der Waals surface area contributed by atoms with Crippen LogP contribution in [0.4, 0.5) is 5.69 Å². The Morgan fingerprint density at radius 1 is 1.53 bits per heavy atom. The molecule has 6 nitrogen and oxygen atoms in total. The molecule has 1 aliphatic carbocycles. The van der Waals surface area contributed by atoms with E-state index in [9.17, 15) is 14.9 Å². The quantitative estimate of drug-likeness (QED) is 0.679. The van der Waals surface area contributed by atoms with Crippen LogP contribution in [0, 0.1) is 10.1 Å². The van der Waals surface area contributed by atoms with Crippen LogP contribution in [-0.4, -0.2) is 30.1 Å². The monoisotopic (exact) mass is 328 g/mol. The molecule has 1 amide bonds. The first kappa shape index (κ1) is 14.0. The molecule has 2 rings (SSSR count). The average Bonchev–Trinajstić information content (AvgIpc) is 2.33. The van der Waals surface area contributed by atoms with E-state index >= 15 is 0 Å². The lowest BCUT2D eigenvalue weighted by atomic mass is 9.89. The van der Waals surface area contributed by atoms with Crippen molar-refractivity contribution in [3.05, 3.63) is 38.3 Å². The summed E-state index contributed by atoms with van der Waals surface area (Å²) in [5.41, 5.74) is 0.173. The molecule has 0 spiro atoms. The Morgan fingerprint density at radius 2 is 2.21 bits per heavy atom. The van der Waals surface area contributed by atoms with Crippen molar-refractivity contribution in [1.82, 2.24) is 5.32 Å². The minimum Gasteiger partial charge on any atom is -0.381 e. The zero-order chi connectivity index (χ0) is 14.0. The highest BCUT2D eigenvalue weighted by Gasteiger charge is 2.30. The van der Waals surface area contributed by atoms with E-state index in [1.807, 2.05) is 0 Å². The molecule has 0 unspecified atom stereocenters. The van der Waals surface area contributed by atoms with E-state index < -0.39 is 4.92 Å². The predicted molar refractivity (Wildman–Crippen MR) is 72.1 cm³/mol. The molecule has 102 valence electrons. The highest BCUT2D eigenvalue weighted by atomic mass is 79.9. The van der Waals surface area contributed by atoms with Crippen molar-refractivity contribution in [3.63, 3.8) is 0 Å². The normalized spacial score (nSPS) is 21.6. The van der Waals surface area contributed by atoms with E-state index in [0.29, 0.717) is 4.47 Å². The first-order valence-corrected chi connectivity index (χ1v) is 6.58. The Labute approximate surface area is 118 Å². The fourth-order valence-corrected chi connectivity index (χ4v) is 2.33. The smallest absolute Gasteiger partial charge is 0.284 e. The number of rotatable bonds is 4. The van der Waals surface area contributed by atoms with Gasteiger partial charge in [0.25, 0.3) is 11.6 Å². The molecular formula is C12H13BrN2O4. The second-order valence-corrected chi connectivity index (χ2v) is 5.28. The number of amides is 1. The third-order valence-electron chi connectivity index (χ3n) is 3.17. The molecule has 0 aliphatic heterocycles. The molecule has 0 radical (unpaired) electrons. The zero-order valence-corrected chi connectivity index (χ0v) is 11.8. The molecule has 1 N–H and O–H groups in total. The molecule has 7 heteroatoms. The number of nitro benzene ring substituents is 1. The number of ether oxygens (including phenoxy) is 1. The summed E-state index contributed by atoms with van der Waals surface area (Å²) >= 11 is 3.08. The molecule has 19 heavy (non-hydrogen) atoms. The molecule has 0 atom stereocenters. The second kappa shape index (κ2) is 5.66. The summed E-state index contributed by atoms with van der Waals surface area (Å²) in [5.74, 6) is -0.296. The van der Waals surface area contributed by atoms with E-state index in [4.69, 9.17) is 4.74 Å². The largest absolute Gasteiger partial charge is 0.381 e. The molecule has 0 bridgehead atoms. The van der Waals surface area contributed by atoms with Gasteiger partial charge in [-0.25, -0.2) is 0 Å². The zero-order valence-electron chi connectivity index (χ0n) is 10.3. The number of carbonyl (C=O) groups excluding carboxylic acids is 1. The number of methoxy groups -OCH3 is 1. The van der Waals surface area contributed by atoms with Crippen molar-refractivity contribution >= 4 is 27.5 Å². The van der Waals surface area contributed by atoms with Gasteiger partial charge >= 0.3 is 0 Å². The Kier molecular flexibility index (Phi) is 4.16. The Balaban J connectivity index is 2.04. The third kappa shape index (κ3) is 3.10. The number of hydrogen-bond acceptors (Lipinski definition) is 4. The molecule has 1 aromatic rings. The molecule has 0 heterocycles. The fraction of sp³-hybridized carbons (Fsp3) is 0.417. The second-order valence-electron chi connectivity index (χ2n) is 4.42. The summed E-state index contributed by atoms with van der Waals surface area (Å²) in [5, 5.41) is 13.6. The summed E-state index contributed by atoms with van der Waals surface area (Å²) in [4.78, 5) is 22.2. The molecule has 0 aromatic heterocycles. The van der Waals surface area contributed by atoms with Gasteiger partial charge in [-0.2, -0.15) is 0 Å². The van der Waals surface area contributed by atoms with Crippen LogP contribution in [0.3, 0.4) is 0 Å². The van der Waals surface area contributed by atoms with Crippen molar-refractivity contribution in [1.29, 1.82) is 0 Å². The Bertz CT molecular complexity index is 514. The average molecular weight is 329 g/mol. The number of carbonyl (C=O) groups is 1. The number of halogens is 1. The van der Waals surface area contributed by atoms with Gasteiger partial charge in [0.2, 0.25) is 0 Å². The maximum Gasteiger partial charge on any atom is 0.284 e. The van der Waals surface area contributed by atoms with Gasteiger partial charge in [0.1, 0.15) is 0 Å². The minimum atomic E-state index is -0.523. The van der Waals surface area contributed by atoms with Gasteiger partial charge in [-0.1, -0.05) is 0 Å². The molecule has 1 aliphatic rings. The van der Waals surface area contributed by atoms with Gasteiger partial charge in [-0.05, 0) is 40.9 Å². The van der Waals surface area contributed by atoms with Crippen LogP contribution in [0.25, 0.3) is 0 Å². The number of hydrogen-bond donors (Lipinski definition) is 1. The number of nitro groups is 1. The summed E-state index contributed by atoms with van der Waals surface area (Å²) in [6.07, 6.45) is 1.76.